The van der Waals surface area contributed by atoms with E-state index in [1.807, 2.05) is 0 Å². The number of hydrogen-bond acceptors (Lipinski definition) is 4. The Morgan fingerprint density at radius 3 is 1.68 bits per heavy atom. The fraction of sp³-hybridized carbons (Fsp3) is 0.118. The summed E-state index contributed by atoms with van der Waals surface area (Å²) in [6.45, 7) is -5.78. The molecule has 3 rings (SSSR count). The molecule has 0 N–H and O–H groups in total. The zero-order valence-electron chi connectivity index (χ0n) is 12.5. The van der Waals surface area contributed by atoms with Crippen LogP contribution in [0, 0.1) is 0 Å². The Hall–Kier alpha value is -3.03. The van der Waals surface area contributed by atoms with Crippen molar-refractivity contribution in [1.29, 1.82) is 0 Å². The molecule has 0 aliphatic heterocycles. The molecule has 0 unspecified atom stereocenters. The summed E-state index contributed by atoms with van der Waals surface area (Å²) in [6, 6.07) is 13.5. The van der Waals surface area contributed by atoms with E-state index in [4.69, 9.17) is 4.52 Å². The maximum atomic E-state index is 12.1. The summed E-state index contributed by atoms with van der Waals surface area (Å²) in [4.78, 5) is 0. The van der Waals surface area contributed by atoms with Crippen LogP contribution >= 0.6 is 0 Å². The first-order valence-electron chi connectivity index (χ1n) is 7.08. The molecule has 25 heavy (non-hydrogen) atoms. The fourth-order valence-electron chi connectivity index (χ4n) is 2.16. The van der Waals surface area contributed by atoms with Gasteiger partial charge in [0, 0.05) is 17.2 Å². The molecule has 4 nitrogen and oxygen atoms in total. The highest BCUT2D eigenvalue weighted by Gasteiger charge is 2.11. The van der Waals surface area contributed by atoms with Crippen molar-refractivity contribution >= 4 is 0 Å². The average Bonchev–Trinajstić information content (AvgIpc) is 3.05. The van der Waals surface area contributed by atoms with E-state index in [2.05, 4.69) is 14.6 Å². The Balaban J connectivity index is 1.75. The van der Waals surface area contributed by atoms with E-state index in [1.165, 1.54) is 24.3 Å². The summed E-state index contributed by atoms with van der Waals surface area (Å²) in [6.07, 6.45) is 0. The molecule has 8 heteroatoms. The molecule has 0 atom stereocenters. The number of benzene rings is 2. The summed E-state index contributed by atoms with van der Waals surface area (Å²) in [5.41, 5.74) is 1.76. The van der Waals surface area contributed by atoms with Crippen LogP contribution in [0.2, 0.25) is 0 Å². The van der Waals surface area contributed by atoms with Crippen LogP contribution in [0.15, 0.2) is 59.1 Å². The Bertz CT molecular complexity index is 749. The summed E-state index contributed by atoms with van der Waals surface area (Å²) >= 11 is 0. The van der Waals surface area contributed by atoms with Crippen LogP contribution < -0.4 is 9.47 Å². The first kappa shape index (κ1) is 16.8. The topological polar surface area (TPSA) is 44.5 Å². The zero-order valence-corrected chi connectivity index (χ0v) is 12.5. The third kappa shape index (κ3) is 4.28. The van der Waals surface area contributed by atoms with E-state index in [0.717, 1.165) is 0 Å². The maximum Gasteiger partial charge on any atom is 0.387 e. The van der Waals surface area contributed by atoms with Crippen molar-refractivity contribution in [3.8, 4) is 34.1 Å². The van der Waals surface area contributed by atoms with Gasteiger partial charge in [-0.05, 0) is 48.5 Å². The Kier molecular flexibility index (Phi) is 4.87. The first-order chi connectivity index (χ1) is 12.0. The van der Waals surface area contributed by atoms with E-state index in [-0.39, 0.29) is 11.5 Å². The number of ether oxygens (including phenoxy) is 2. The second kappa shape index (κ2) is 7.25. The molecule has 0 aliphatic carbocycles. The smallest absolute Gasteiger partial charge is 0.387 e. The molecule has 1 heterocycles. The minimum Gasteiger partial charge on any atom is -0.435 e. The van der Waals surface area contributed by atoms with Gasteiger partial charge in [0.25, 0.3) is 0 Å². The van der Waals surface area contributed by atoms with Crippen molar-refractivity contribution < 1.29 is 31.6 Å². The molecule has 0 saturated carbocycles. The van der Waals surface area contributed by atoms with Gasteiger partial charge in [-0.25, -0.2) is 0 Å². The molecule has 0 saturated heterocycles. The van der Waals surface area contributed by atoms with Gasteiger partial charge < -0.3 is 14.0 Å². The van der Waals surface area contributed by atoms with Gasteiger partial charge in [0.15, 0.2) is 5.76 Å². The van der Waals surface area contributed by atoms with Crippen molar-refractivity contribution in [2.24, 2.45) is 0 Å². The molecule has 0 aliphatic rings. The van der Waals surface area contributed by atoms with Crippen LogP contribution in [0.3, 0.4) is 0 Å². The molecule has 0 bridgehead atoms. The first-order valence-corrected chi connectivity index (χ1v) is 7.08. The Labute approximate surface area is 139 Å². The largest absolute Gasteiger partial charge is 0.435 e. The molecule has 130 valence electrons. The van der Waals surface area contributed by atoms with Crippen molar-refractivity contribution in [2.75, 3.05) is 0 Å². The minimum atomic E-state index is -2.89. The number of nitrogens with zero attached hydrogens (tertiary/aromatic N) is 1. The second-order valence-electron chi connectivity index (χ2n) is 4.88. The summed E-state index contributed by atoms with van der Waals surface area (Å²) in [5, 5.41) is 3.91. The maximum absolute atomic E-state index is 12.1. The van der Waals surface area contributed by atoms with Crippen LogP contribution in [0.4, 0.5) is 17.6 Å². The lowest BCUT2D eigenvalue weighted by atomic mass is 10.1. The highest BCUT2D eigenvalue weighted by atomic mass is 19.3. The van der Waals surface area contributed by atoms with Gasteiger partial charge in [-0.1, -0.05) is 5.16 Å². The molecular formula is C17H11F4NO3. The van der Waals surface area contributed by atoms with Crippen molar-refractivity contribution in [3.05, 3.63) is 54.6 Å². The van der Waals surface area contributed by atoms with E-state index in [1.54, 1.807) is 30.3 Å². The van der Waals surface area contributed by atoms with Crippen LogP contribution in [0.25, 0.3) is 22.6 Å². The van der Waals surface area contributed by atoms with Crippen molar-refractivity contribution in [3.63, 3.8) is 0 Å². The number of alkyl halides is 4. The molecule has 3 aromatic rings. The molecular weight excluding hydrogens is 342 g/mol. The van der Waals surface area contributed by atoms with Gasteiger partial charge in [-0.15, -0.1) is 0 Å². The quantitative estimate of drug-likeness (QED) is 0.571. The molecule has 0 radical (unpaired) electrons. The van der Waals surface area contributed by atoms with E-state index in [9.17, 15) is 17.6 Å². The Morgan fingerprint density at radius 2 is 1.20 bits per heavy atom. The normalized spacial score (nSPS) is 11.1. The van der Waals surface area contributed by atoms with Crippen LogP contribution in [-0.4, -0.2) is 18.4 Å². The lowest BCUT2D eigenvalue weighted by Crippen LogP contribution is -2.01. The molecule has 0 fully saturated rings. The number of hydrogen-bond donors (Lipinski definition) is 0. The monoisotopic (exact) mass is 353 g/mol. The van der Waals surface area contributed by atoms with Crippen LogP contribution in [0.5, 0.6) is 11.5 Å². The van der Waals surface area contributed by atoms with Crippen LogP contribution in [-0.2, 0) is 0 Å². The SMILES string of the molecule is FC(F)Oc1ccc(-c2cc(-c3ccc(OC(F)F)cc3)on2)cc1. The summed E-state index contributed by atoms with van der Waals surface area (Å²) in [5.74, 6) is 0.497. The van der Waals surface area contributed by atoms with Gasteiger partial charge in [-0.3, -0.25) is 0 Å². The van der Waals surface area contributed by atoms with Crippen molar-refractivity contribution in [2.45, 2.75) is 13.2 Å². The van der Waals surface area contributed by atoms with Crippen LogP contribution in [0.1, 0.15) is 0 Å². The van der Waals surface area contributed by atoms with E-state index in [0.29, 0.717) is 22.6 Å². The van der Waals surface area contributed by atoms with Gasteiger partial charge in [0.2, 0.25) is 0 Å². The lowest BCUT2D eigenvalue weighted by molar-refractivity contribution is -0.0505. The highest BCUT2D eigenvalue weighted by Crippen LogP contribution is 2.28. The molecule has 2 aromatic carbocycles. The second-order valence-corrected chi connectivity index (χ2v) is 4.88. The van der Waals surface area contributed by atoms with Gasteiger partial charge in [0.1, 0.15) is 17.2 Å². The number of halogens is 4. The third-order valence-corrected chi connectivity index (χ3v) is 3.25. The molecule has 0 spiro atoms. The highest BCUT2D eigenvalue weighted by molar-refractivity contribution is 5.67. The molecule has 1 aromatic heterocycles. The minimum absolute atomic E-state index is 0.0353. The van der Waals surface area contributed by atoms with Gasteiger partial charge in [-0.2, -0.15) is 17.6 Å². The van der Waals surface area contributed by atoms with E-state index >= 15 is 0 Å². The predicted molar refractivity (Wildman–Crippen MR) is 80.6 cm³/mol. The summed E-state index contributed by atoms with van der Waals surface area (Å²) < 4.78 is 62.3. The third-order valence-electron chi connectivity index (χ3n) is 3.25. The Morgan fingerprint density at radius 1 is 0.720 bits per heavy atom. The number of rotatable bonds is 6. The number of aromatic nitrogens is 1. The summed E-state index contributed by atoms with van der Waals surface area (Å²) in [7, 11) is 0. The fourth-order valence-corrected chi connectivity index (χ4v) is 2.16. The zero-order chi connectivity index (χ0) is 17.8. The van der Waals surface area contributed by atoms with Gasteiger partial charge >= 0.3 is 13.2 Å². The standard InChI is InChI=1S/C17H11F4NO3/c18-16(19)23-12-5-1-10(2-6-12)14-9-15(25-22-14)11-3-7-13(8-4-11)24-17(20)21/h1-9,16-17H. The predicted octanol–water partition coefficient (Wildman–Crippen LogP) is 5.21. The van der Waals surface area contributed by atoms with Gasteiger partial charge in [0.05, 0.1) is 0 Å². The van der Waals surface area contributed by atoms with Crippen molar-refractivity contribution in [1.82, 2.24) is 5.16 Å². The van der Waals surface area contributed by atoms with E-state index < -0.39 is 13.2 Å². The molecule has 0 amide bonds. The lowest BCUT2D eigenvalue weighted by Gasteiger charge is -2.04. The average molecular weight is 353 g/mol.